The van der Waals surface area contributed by atoms with Gasteiger partial charge in [-0.25, -0.2) is 0 Å². The average molecular weight is 216 g/mol. The smallest absolute Gasteiger partial charge is 0.0191 e. The lowest BCUT2D eigenvalue weighted by Gasteiger charge is -2.25. The molecular weight excluding hydrogens is 192 g/mol. The molecular formula is C11H24N2S. The van der Waals surface area contributed by atoms with Gasteiger partial charge < -0.3 is 10.2 Å². The molecule has 14 heavy (non-hydrogen) atoms. The molecule has 2 atom stereocenters. The minimum absolute atomic E-state index is 0.663. The molecule has 0 aromatic rings. The van der Waals surface area contributed by atoms with Crippen LogP contribution in [0.15, 0.2) is 0 Å². The minimum atomic E-state index is 0.663. The summed E-state index contributed by atoms with van der Waals surface area (Å²) in [5.41, 5.74) is 0. The summed E-state index contributed by atoms with van der Waals surface area (Å²) >= 11 is 2.10. The molecule has 0 aromatic heterocycles. The molecule has 3 heteroatoms. The highest BCUT2D eigenvalue weighted by Gasteiger charge is 2.19. The molecule has 1 aliphatic rings. The Morgan fingerprint density at radius 1 is 1.57 bits per heavy atom. The molecule has 0 amide bonds. The number of rotatable bonds is 6. The molecule has 1 aliphatic heterocycles. The Bertz CT molecular complexity index is 146. The summed E-state index contributed by atoms with van der Waals surface area (Å²) in [6.07, 6.45) is 2.66. The fourth-order valence-corrected chi connectivity index (χ4v) is 3.20. The predicted molar refractivity (Wildman–Crippen MR) is 66.1 cm³/mol. The second kappa shape index (κ2) is 6.70. The van der Waals surface area contributed by atoms with E-state index >= 15 is 0 Å². The molecule has 1 heterocycles. The van der Waals surface area contributed by atoms with Crippen molar-refractivity contribution in [2.75, 3.05) is 31.6 Å². The number of nitrogens with one attached hydrogen (secondary N) is 1. The predicted octanol–water partition coefficient (Wildman–Crippen LogP) is 1.81. The van der Waals surface area contributed by atoms with Gasteiger partial charge in [0.15, 0.2) is 0 Å². The Morgan fingerprint density at radius 3 is 2.93 bits per heavy atom. The van der Waals surface area contributed by atoms with Crippen molar-refractivity contribution >= 4 is 11.8 Å². The van der Waals surface area contributed by atoms with Gasteiger partial charge in [-0.2, -0.15) is 11.8 Å². The third kappa shape index (κ3) is 4.20. The van der Waals surface area contributed by atoms with Crippen LogP contribution in [0.25, 0.3) is 0 Å². The summed E-state index contributed by atoms with van der Waals surface area (Å²) < 4.78 is 0. The van der Waals surface area contributed by atoms with E-state index in [-0.39, 0.29) is 0 Å². The quantitative estimate of drug-likeness (QED) is 0.729. The van der Waals surface area contributed by atoms with Gasteiger partial charge in [0, 0.05) is 17.8 Å². The zero-order valence-electron chi connectivity index (χ0n) is 9.75. The highest BCUT2D eigenvalue weighted by atomic mass is 32.2. The monoisotopic (exact) mass is 216 g/mol. The number of hydrogen-bond acceptors (Lipinski definition) is 3. The molecule has 84 valence electrons. The van der Waals surface area contributed by atoms with Crippen LogP contribution in [0.2, 0.25) is 0 Å². The lowest BCUT2D eigenvalue weighted by Crippen LogP contribution is -2.36. The molecule has 0 bridgehead atoms. The maximum absolute atomic E-state index is 3.46. The number of hydrogen-bond donors (Lipinski definition) is 1. The first-order valence-corrected chi connectivity index (χ1v) is 6.91. The molecule has 1 saturated heterocycles. The fourth-order valence-electron chi connectivity index (χ4n) is 1.90. The molecule has 1 rings (SSSR count). The fraction of sp³-hybridized carbons (Fsp3) is 1.00. The zero-order valence-corrected chi connectivity index (χ0v) is 10.6. The van der Waals surface area contributed by atoms with E-state index in [0.29, 0.717) is 6.04 Å². The number of nitrogens with zero attached hydrogens (tertiary/aromatic N) is 1. The van der Waals surface area contributed by atoms with Crippen LogP contribution in [0.1, 0.15) is 26.7 Å². The summed E-state index contributed by atoms with van der Waals surface area (Å²) in [5.74, 6) is 2.70. The minimum Gasteiger partial charge on any atom is -0.314 e. The Morgan fingerprint density at radius 2 is 2.36 bits per heavy atom. The van der Waals surface area contributed by atoms with Crippen LogP contribution in [0.5, 0.6) is 0 Å². The van der Waals surface area contributed by atoms with E-state index in [4.69, 9.17) is 0 Å². The van der Waals surface area contributed by atoms with Gasteiger partial charge >= 0.3 is 0 Å². The van der Waals surface area contributed by atoms with Crippen molar-refractivity contribution in [1.29, 1.82) is 0 Å². The van der Waals surface area contributed by atoms with Gasteiger partial charge in [-0.15, -0.1) is 0 Å². The molecule has 2 unspecified atom stereocenters. The van der Waals surface area contributed by atoms with Gasteiger partial charge in [-0.05, 0) is 45.7 Å². The van der Waals surface area contributed by atoms with E-state index < -0.39 is 0 Å². The molecule has 0 aromatic carbocycles. The highest BCUT2D eigenvalue weighted by molar-refractivity contribution is 7.99. The largest absolute Gasteiger partial charge is 0.314 e. The van der Waals surface area contributed by atoms with Gasteiger partial charge in [0.05, 0.1) is 0 Å². The van der Waals surface area contributed by atoms with E-state index in [9.17, 15) is 0 Å². The van der Waals surface area contributed by atoms with Crippen molar-refractivity contribution in [3.05, 3.63) is 0 Å². The zero-order chi connectivity index (χ0) is 10.4. The van der Waals surface area contributed by atoms with Crippen molar-refractivity contribution in [2.45, 2.75) is 38.8 Å². The van der Waals surface area contributed by atoms with Crippen LogP contribution >= 0.6 is 11.8 Å². The maximum atomic E-state index is 3.46. The van der Waals surface area contributed by atoms with Gasteiger partial charge in [0.25, 0.3) is 0 Å². The van der Waals surface area contributed by atoms with Gasteiger partial charge in [-0.3, -0.25) is 0 Å². The Kier molecular flexibility index (Phi) is 5.90. The summed E-state index contributed by atoms with van der Waals surface area (Å²) in [6.45, 7) is 6.78. The molecule has 1 fully saturated rings. The summed E-state index contributed by atoms with van der Waals surface area (Å²) in [6, 6.07) is 1.50. The van der Waals surface area contributed by atoms with Gasteiger partial charge in [0.2, 0.25) is 0 Å². The second-order valence-corrected chi connectivity index (χ2v) is 5.40. The normalized spacial score (nSPS) is 24.4. The van der Waals surface area contributed by atoms with E-state index in [2.05, 4.69) is 42.9 Å². The average Bonchev–Trinajstić information content (AvgIpc) is 2.67. The Balaban J connectivity index is 2.10. The van der Waals surface area contributed by atoms with Crippen LogP contribution in [-0.4, -0.2) is 48.6 Å². The van der Waals surface area contributed by atoms with Crippen molar-refractivity contribution in [3.63, 3.8) is 0 Å². The van der Waals surface area contributed by atoms with E-state index in [1.807, 2.05) is 0 Å². The lowest BCUT2D eigenvalue weighted by molar-refractivity contribution is 0.249. The molecule has 0 saturated carbocycles. The summed E-state index contributed by atoms with van der Waals surface area (Å²) in [7, 11) is 2.27. The first kappa shape index (κ1) is 12.3. The van der Waals surface area contributed by atoms with Crippen LogP contribution in [0, 0.1) is 0 Å². The summed E-state index contributed by atoms with van der Waals surface area (Å²) in [4.78, 5) is 2.54. The maximum Gasteiger partial charge on any atom is 0.0191 e. The van der Waals surface area contributed by atoms with Crippen LogP contribution < -0.4 is 5.32 Å². The lowest BCUT2D eigenvalue weighted by atomic mass is 10.2. The Labute approximate surface area is 92.8 Å². The molecule has 1 N–H and O–H groups in total. The third-order valence-electron chi connectivity index (χ3n) is 3.00. The third-order valence-corrected chi connectivity index (χ3v) is 4.14. The first-order chi connectivity index (χ1) is 6.74. The standard InChI is InChI=1S/C11H24N2S/c1-4-12-10(2)5-7-13(3)11-6-8-14-9-11/h10-12H,4-9H2,1-3H3. The van der Waals surface area contributed by atoms with Crippen molar-refractivity contribution < 1.29 is 0 Å². The number of thioether (sulfide) groups is 1. The Hall–Kier alpha value is 0.270. The van der Waals surface area contributed by atoms with Crippen molar-refractivity contribution in [3.8, 4) is 0 Å². The van der Waals surface area contributed by atoms with Crippen molar-refractivity contribution in [2.24, 2.45) is 0 Å². The molecule has 2 nitrogen and oxygen atoms in total. The van der Waals surface area contributed by atoms with E-state index in [1.54, 1.807) is 0 Å². The van der Waals surface area contributed by atoms with Crippen LogP contribution in [0.4, 0.5) is 0 Å². The molecule has 0 spiro atoms. The summed E-state index contributed by atoms with van der Waals surface area (Å²) in [5, 5.41) is 3.46. The van der Waals surface area contributed by atoms with E-state index in [1.165, 1.54) is 30.9 Å². The van der Waals surface area contributed by atoms with Gasteiger partial charge in [-0.1, -0.05) is 6.92 Å². The van der Waals surface area contributed by atoms with Crippen molar-refractivity contribution in [1.82, 2.24) is 10.2 Å². The topological polar surface area (TPSA) is 15.3 Å². The highest BCUT2D eigenvalue weighted by Crippen LogP contribution is 2.21. The molecule has 0 radical (unpaired) electrons. The van der Waals surface area contributed by atoms with Crippen LogP contribution in [-0.2, 0) is 0 Å². The second-order valence-electron chi connectivity index (χ2n) is 4.25. The SMILES string of the molecule is CCNC(C)CCN(C)C1CCSC1. The van der Waals surface area contributed by atoms with Crippen LogP contribution in [0.3, 0.4) is 0 Å². The molecule has 0 aliphatic carbocycles. The van der Waals surface area contributed by atoms with E-state index in [0.717, 1.165) is 12.6 Å². The van der Waals surface area contributed by atoms with Gasteiger partial charge in [0.1, 0.15) is 0 Å². The first-order valence-electron chi connectivity index (χ1n) is 5.75.